The van der Waals surface area contributed by atoms with Gasteiger partial charge in [0.25, 0.3) is 0 Å². The highest BCUT2D eigenvalue weighted by atomic mass is 16.3. The summed E-state index contributed by atoms with van der Waals surface area (Å²) in [7, 11) is 0. The minimum absolute atomic E-state index is 0.0634. The third-order valence-electron chi connectivity index (χ3n) is 8.40. The molecule has 4 rings (SSSR count). The summed E-state index contributed by atoms with van der Waals surface area (Å²) in [6, 6.07) is 0. The van der Waals surface area contributed by atoms with Crippen LogP contribution in [0.5, 0.6) is 0 Å². The fourth-order valence-electron chi connectivity index (χ4n) is 6.94. The Kier molecular flexibility index (Phi) is 3.58. The first-order chi connectivity index (χ1) is 10.9. The van der Waals surface area contributed by atoms with Crippen LogP contribution in [0.3, 0.4) is 0 Å². The predicted molar refractivity (Wildman–Crippen MR) is 91.9 cm³/mol. The molecule has 0 aromatic heterocycles. The molecule has 2 nitrogen and oxygen atoms in total. The Labute approximate surface area is 140 Å². The van der Waals surface area contributed by atoms with Gasteiger partial charge in [-0.15, -0.1) is 0 Å². The third-order valence-corrected chi connectivity index (χ3v) is 8.40. The Morgan fingerprint density at radius 3 is 2.70 bits per heavy atom. The maximum Gasteiger partial charge on any atom is 0.136 e. The highest BCUT2D eigenvalue weighted by Gasteiger charge is 2.55. The van der Waals surface area contributed by atoms with Crippen LogP contribution in [-0.4, -0.2) is 17.5 Å². The van der Waals surface area contributed by atoms with Gasteiger partial charge in [-0.2, -0.15) is 0 Å². The molecular formula is C21H32O2. The first kappa shape index (κ1) is 15.9. The molecule has 2 saturated carbocycles. The van der Waals surface area contributed by atoms with Gasteiger partial charge in [0.05, 0.1) is 6.61 Å². The van der Waals surface area contributed by atoms with Crippen LogP contribution in [0.1, 0.15) is 72.1 Å². The molecule has 0 spiro atoms. The van der Waals surface area contributed by atoms with Gasteiger partial charge in [-0.25, -0.2) is 0 Å². The smallest absolute Gasteiger partial charge is 0.136 e. The second-order valence-corrected chi connectivity index (χ2v) is 9.53. The molecule has 0 amide bonds. The van der Waals surface area contributed by atoms with Crippen LogP contribution in [0.4, 0.5) is 0 Å². The van der Waals surface area contributed by atoms with E-state index in [9.17, 15) is 9.90 Å². The van der Waals surface area contributed by atoms with E-state index in [1.54, 1.807) is 11.1 Å². The lowest BCUT2D eigenvalue weighted by Gasteiger charge is -2.57. The Balaban J connectivity index is 1.67. The fourth-order valence-corrected chi connectivity index (χ4v) is 6.94. The molecule has 3 unspecified atom stereocenters. The van der Waals surface area contributed by atoms with Gasteiger partial charge >= 0.3 is 0 Å². The Hall–Kier alpha value is -0.630. The van der Waals surface area contributed by atoms with Crippen LogP contribution >= 0.6 is 0 Å². The molecule has 23 heavy (non-hydrogen) atoms. The SMILES string of the molecule is C[C@@H]1C[C@@]2(C)C(CCC3C4=C(CCC32)[C@](C)(CO)CC4)CC1=O. The number of aliphatic hydroxyl groups excluding tert-OH is 1. The van der Waals surface area contributed by atoms with Gasteiger partial charge in [0, 0.05) is 17.8 Å². The molecule has 4 aliphatic carbocycles. The van der Waals surface area contributed by atoms with E-state index in [-0.39, 0.29) is 11.3 Å². The summed E-state index contributed by atoms with van der Waals surface area (Å²) in [4.78, 5) is 12.2. The molecule has 128 valence electrons. The van der Waals surface area contributed by atoms with Gasteiger partial charge in [0.1, 0.15) is 5.78 Å². The summed E-state index contributed by atoms with van der Waals surface area (Å²) in [5, 5.41) is 9.89. The van der Waals surface area contributed by atoms with Crippen molar-refractivity contribution in [3.05, 3.63) is 11.1 Å². The third kappa shape index (κ3) is 2.13. The van der Waals surface area contributed by atoms with Crippen molar-refractivity contribution in [3.8, 4) is 0 Å². The van der Waals surface area contributed by atoms with Crippen molar-refractivity contribution in [2.45, 2.75) is 72.1 Å². The molecule has 2 fully saturated rings. The number of allylic oxidation sites excluding steroid dienone is 1. The zero-order chi connectivity index (χ0) is 16.4. The Morgan fingerprint density at radius 1 is 1.17 bits per heavy atom. The molecule has 0 saturated heterocycles. The largest absolute Gasteiger partial charge is 0.395 e. The lowest BCUT2D eigenvalue weighted by Crippen LogP contribution is -2.50. The van der Waals surface area contributed by atoms with Crippen molar-refractivity contribution < 1.29 is 9.90 Å². The zero-order valence-corrected chi connectivity index (χ0v) is 15.0. The van der Waals surface area contributed by atoms with Crippen molar-refractivity contribution in [2.24, 2.45) is 34.5 Å². The summed E-state index contributed by atoms with van der Waals surface area (Å²) in [5.74, 6) is 2.91. The van der Waals surface area contributed by atoms with Crippen molar-refractivity contribution in [2.75, 3.05) is 6.61 Å². The van der Waals surface area contributed by atoms with E-state index >= 15 is 0 Å². The van der Waals surface area contributed by atoms with Gasteiger partial charge < -0.3 is 5.11 Å². The van der Waals surface area contributed by atoms with E-state index in [0.29, 0.717) is 23.7 Å². The van der Waals surface area contributed by atoms with E-state index in [1.807, 2.05) is 0 Å². The topological polar surface area (TPSA) is 37.3 Å². The van der Waals surface area contributed by atoms with E-state index in [2.05, 4.69) is 20.8 Å². The molecule has 0 bridgehead atoms. The number of ketones is 1. The van der Waals surface area contributed by atoms with Crippen molar-refractivity contribution in [1.29, 1.82) is 0 Å². The van der Waals surface area contributed by atoms with Crippen LogP contribution in [-0.2, 0) is 4.79 Å². The quantitative estimate of drug-likeness (QED) is 0.722. The van der Waals surface area contributed by atoms with Crippen LogP contribution in [0, 0.1) is 34.5 Å². The maximum absolute atomic E-state index is 12.2. The van der Waals surface area contributed by atoms with Crippen LogP contribution < -0.4 is 0 Å². The standard InChI is InChI=1S/C21H32O2/c1-13-11-21(3)14(10-19(13)23)4-5-15-16-8-9-20(2,12-22)17(16)6-7-18(15)21/h13-15,18,22H,4-12H2,1-3H3/t13-,14?,15?,18?,20+,21+/m1/s1. The van der Waals surface area contributed by atoms with Crippen molar-refractivity contribution in [1.82, 2.24) is 0 Å². The summed E-state index contributed by atoms with van der Waals surface area (Å²) < 4.78 is 0. The number of Topliss-reactive ketones (excluding diaryl/α,β-unsaturated/α-hetero) is 1. The minimum Gasteiger partial charge on any atom is -0.395 e. The molecule has 4 aliphatic rings. The minimum atomic E-state index is 0.0634. The van der Waals surface area contributed by atoms with Crippen LogP contribution in [0.2, 0.25) is 0 Å². The number of aliphatic hydroxyl groups is 1. The molecule has 2 heteroatoms. The van der Waals surface area contributed by atoms with Crippen LogP contribution in [0.25, 0.3) is 0 Å². The number of carbonyl (C=O) groups is 1. The highest BCUT2D eigenvalue weighted by molar-refractivity contribution is 5.82. The fraction of sp³-hybridized carbons (Fsp3) is 0.857. The van der Waals surface area contributed by atoms with Gasteiger partial charge in [-0.3, -0.25) is 4.79 Å². The number of hydrogen-bond acceptors (Lipinski definition) is 2. The van der Waals surface area contributed by atoms with E-state index in [4.69, 9.17) is 0 Å². The predicted octanol–water partition coefficient (Wildman–Crippen LogP) is 4.52. The van der Waals surface area contributed by atoms with E-state index in [0.717, 1.165) is 31.1 Å². The summed E-state index contributed by atoms with van der Waals surface area (Å²) >= 11 is 0. The Bertz CT molecular complexity index is 562. The highest BCUT2D eigenvalue weighted by Crippen LogP contribution is 2.63. The van der Waals surface area contributed by atoms with E-state index < -0.39 is 0 Å². The number of carbonyl (C=O) groups excluding carboxylic acids is 1. The molecular weight excluding hydrogens is 284 g/mol. The molecule has 0 heterocycles. The second kappa shape index (κ2) is 5.18. The maximum atomic E-state index is 12.2. The normalized spacial score (nSPS) is 49.7. The average molecular weight is 316 g/mol. The molecule has 1 N–H and O–H groups in total. The first-order valence-electron chi connectivity index (χ1n) is 9.75. The van der Waals surface area contributed by atoms with E-state index in [1.165, 1.54) is 32.1 Å². The first-order valence-corrected chi connectivity index (χ1v) is 9.75. The molecule has 6 atom stereocenters. The summed E-state index contributed by atoms with van der Waals surface area (Å²) in [6.45, 7) is 7.24. The molecule has 0 aliphatic heterocycles. The van der Waals surface area contributed by atoms with Gasteiger partial charge in [-0.05, 0) is 68.1 Å². The zero-order valence-electron chi connectivity index (χ0n) is 15.0. The molecule has 0 aromatic carbocycles. The lowest BCUT2D eigenvalue weighted by molar-refractivity contribution is -0.136. The Morgan fingerprint density at radius 2 is 1.96 bits per heavy atom. The summed E-state index contributed by atoms with van der Waals surface area (Å²) in [6.07, 6.45) is 9.30. The van der Waals surface area contributed by atoms with Gasteiger partial charge in [-0.1, -0.05) is 31.9 Å². The lowest BCUT2D eigenvalue weighted by atomic mass is 9.48. The number of hydrogen-bond donors (Lipinski definition) is 1. The van der Waals surface area contributed by atoms with Crippen molar-refractivity contribution in [3.63, 3.8) is 0 Å². The number of rotatable bonds is 1. The monoisotopic (exact) mass is 316 g/mol. The number of fused-ring (bicyclic) bond motifs is 4. The van der Waals surface area contributed by atoms with Gasteiger partial charge in [0.15, 0.2) is 0 Å². The van der Waals surface area contributed by atoms with Gasteiger partial charge in [0.2, 0.25) is 0 Å². The van der Waals surface area contributed by atoms with Crippen molar-refractivity contribution >= 4 is 5.78 Å². The summed E-state index contributed by atoms with van der Waals surface area (Å²) in [5.41, 5.74) is 3.77. The molecule has 0 aromatic rings. The molecule has 0 radical (unpaired) electrons. The second-order valence-electron chi connectivity index (χ2n) is 9.53. The average Bonchev–Trinajstić information content (AvgIpc) is 2.87. The van der Waals surface area contributed by atoms with Crippen LogP contribution in [0.15, 0.2) is 11.1 Å².